The average Bonchev–Trinajstić information content (AvgIpc) is 3.07. The van der Waals surface area contributed by atoms with Crippen molar-refractivity contribution in [1.82, 2.24) is 9.97 Å². The molecule has 1 amide bonds. The van der Waals surface area contributed by atoms with Crippen LogP contribution in [-0.4, -0.2) is 46.8 Å². The second-order valence-corrected chi connectivity index (χ2v) is 9.19. The average molecular weight is 503 g/mol. The Morgan fingerprint density at radius 2 is 1.82 bits per heavy atom. The van der Waals surface area contributed by atoms with E-state index in [1.807, 2.05) is 27.7 Å². The molecule has 3 rings (SSSR count). The molecule has 0 radical (unpaired) electrons. The Morgan fingerprint density at radius 3 is 2.41 bits per heavy atom. The number of benzene rings is 1. The topological polar surface area (TPSA) is 85.8 Å². The molecule has 1 aromatic carbocycles. The van der Waals surface area contributed by atoms with E-state index < -0.39 is 30.1 Å². The Balaban J connectivity index is 1.78. The van der Waals surface area contributed by atoms with Gasteiger partial charge in [-0.05, 0) is 52.3 Å². The lowest BCUT2D eigenvalue weighted by molar-refractivity contribution is -0.274. The highest BCUT2D eigenvalue weighted by Gasteiger charge is 2.40. The zero-order valence-electron chi connectivity index (χ0n) is 19.3. The third-order valence-corrected chi connectivity index (χ3v) is 5.07. The lowest BCUT2D eigenvalue weighted by atomic mass is 10.1. The summed E-state index contributed by atoms with van der Waals surface area (Å²) in [4.78, 5) is 22.4. The molecule has 34 heavy (non-hydrogen) atoms. The highest BCUT2D eigenvalue weighted by molar-refractivity contribution is 6.29. The molecule has 1 fully saturated rings. The maximum absolute atomic E-state index is 12.5. The van der Waals surface area contributed by atoms with Gasteiger partial charge in [-0.1, -0.05) is 23.7 Å². The van der Waals surface area contributed by atoms with Crippen LogP contribution in [0.15, 0.2) is 30.3 Å². The maximum atomic E-state index is 12.5. The second-order valence-electron chi connectivity index (χ2n) is 8.80. The zero-order valence-corrected chi connectivity index (χ0v) is 20.1. The summed E-state index contributed by atoms with van der Waals surface area (Å²) in [5.74, 6) is 0.0453. The molecule has 1 saturated heterocycles. The molecule has 2 aromatic rings. The van der Waals surface area contributed by atoms with Gasteiger partial charge in [-0.15, -0.1) is 13.2 Å². The van der Waals surface area contributed by atoms with Crippen molar-refractivity contribution >= 4 is 29.5 Å². The molecule has 3 atom stereocenters. The normalized spacial score (nSPS) is 18.4. The third kappa shape index (κ3) is 6.86. The van der Waals surface area contributed by atoms with Crippen LogP contribution >= 0.6 is 11.6 Å². The minimum Gasteiger partial charge on any atom is -0.447 e. The van der Waals surface area contributed by atoms with Gasteiger partial charge in [0.15, 0.2) is 0 Å². The summed E-state index contributed by atoms with van der Waals surface area (Å²) >= 11 is 6.20. The van der Waals surface area contributed by atoms with Gasteiger partial charge in [0, 0.05) is 6.07 Å². The molecule has 1 aromatic heterocycles. The highest BCUT2D eigenvalue weighted by atomic mass is 35.5. The lowest BCUT2D eigenvalue weighted by Crippen LogP contribution is -2.45. The number of hydrogen-bond acceptors (Lipinski definition) is 7. The molecule has 186 valence electrons. The standard InChI is InChI=1S/C22H26ClF3N4O4/c1-12(14-6-8-15(9-7-14)34-22(24,25)26)27-19-28-17(23)10-18(29-19)30-16(11-32-20(30)31)13(2)33-21(3,4)5/h6-10,12-13,16H,11H2,1-5H3,(H,27,28,29)/t12-,13+,16+/m0/s1. The van der Waals surface area contributed by atoms with E-state index in [2.05, 4.69) is 20.0 Å². The van der Waals surface area contributed by atoms with Crippen LogP contribution in [0.1, 0.15) is 46.2 Å². The molecule has 1 aliphatic heterocycles. The van der Waals surface area contributed by atoms with Crippen molar-refractivity contribution in [2.75, 3.05) is 16.8 Å². The largest absolute Gasteiger partial charge is 0.573 e. The number of nitrogens with zero attached hydrogens (tertiary/aromatic N) is 3. The van der Waals surface area contributed by atoms with Crippen molar-refractivity contribution in [1.29, 1.82) is 0 Å². The minimum absolute atomic E-state index is 0.0940. The number of halogens is 4. The first-order chi connectivity index (χ1) is 15.7. The summed E-state index contributed by atoms with van der Waals surface area (Å²) in [6.07, 6.45) is -5.70. The molecular formula is C22H26ClF3N4O4. The Kier molecular flexibility index (Phi) is 7.47. The van der Waals surface area contributed by atoms with Gasteiger partial charge >= 0.3 is 12.5 Å². The smallest absolute Gasteiger partial charge is 0.447 e. The van der Waals surface area contributed by atoms with E-state index in [9.17, 15) is 18.0 Å². The van der Waals surface area contributed by atoms with Crippen molar-refractivity contribution < 1.29 is 32.2 Å². The highest BCUT2D eigenvalue weighted by Crippen LogP contribution is 2.30. The van der Waals surface area contributed by atoms with Crippen molar-refractivity contribution in [2.24, 2.45) is 0 Å². The number of alkyl halides is 3. The van der Waals surface area contributed by atoms with Crippen molar-refractivity contribution in [2.45, 2.75) is 64.8 Å². The summed E-state index contributed by atoms with van der Waals surface area (Å²) in [6, 6.07) is 6.04. The number of aromatic nitrogens is 2. The van der Waals surface area contributed by atoms with E-state index in [4.69, 9.17) is 21.1 Å². The summed E-state index contributed by atoms with van der Waals surface area (Å²) in [5, 5.41) is 3.14. The molecule has 2 heterocycles. The van der Waals surface area contributed by atoms with Crippen LogP contribution in [-0.2, 0) is 9.47 Å². The molecular weight excluding hydrogens is 477 g/mol. The van der Waals surface area contributed by atoms with Gasteiger partial charge in [0.05, 0.1) is 17.7 Å². The number of carbonyl (C=O) groups is 1. The van der Waals surface area contributed by atoms with E-state index in [0.717, 1.165) is 0 Å². The van der Waals surface area contributed by atoms with Crippen molar-refractivity contribution in [3.05, 3.63) is 41.0 Å². The molecule has 0 bridgehead atoms. The Bertz CT molecular complexity index is 1010. The monoisotopic (exact) mass is 502 g/mol. The van der Waals surface area contributed by atoms with Gasteiger partial charge in [0.1, 0.15) is 29.4 Å². The van der Waals surface area contributed by atoms with Crippen LogP contribution in [0.25, 0.3) is 0 Å². The summed E-state index contributed by atoms with van der Waals surface area (Å²) in [7, 11) is 0. The predicted molar refractivity (Wildman–Crippen MR) is 120 cm³/mol. The van der Waals surface area contributed by atoms with Crippen LogP contribution in [0, 0.1) is 0 Å². The number of cyclic esters (lactones) is 1. The van der Waals surface area contributed by atoms with Gasteiger partial charge in [-0.25, -0.2) is 9.78 Å². The molecule has 0 saturated carbocycles. The summed E-state index contributed by atoms with van der Waals surface area (Å²) < 4.78 is 52.2. The fourth-order valence-electron chi connectivity index (χ4n) is 3.51. The van der Waals surface area contributed by atoms with Crippen LogP contribution < -0.4 is 15.0 Å². The number of rotatable bonds is 7. The minimum atomic E-state index is -4.76. The molecule has 0 unspecified atom stereocenters. The molecule has 0 aliphatic carbocycles. The Hall–Kier alpha value is -2.79. The molecule has 0 spiro atoms. The molecule has 1 N–H and O–H groups in total. The quantitative estimate of drug-likeness (QED) is 0.484. The number of nitrogens with one attached hydrogen (secondary N) is 1. The van der Waals surface area contributed by atoms with Gasteiger partial charge < -0.3 is 19.5 Å². The first-order valence-corrected chi connectivity index (χ1v) is 10.9. The maximum Gasteiger partial charge on any atom is 0.573 e. The van der Waals surface area contributed by atoms with Gasteiger partial charge in [-0.2, -0.15) is 4.98 Å². The number of amides is 1. The van der Waals surface area contributed by atoms with E-state index in [-0.39, 0.29) is 35.4 Å². The second kappa shape index (κ2) is 9.83. The first-order valence-electron chi connectivity index (χ1n) is 10.5. The SMILES string of the molecule is C[C@H](Nc1nc(Cl)cc(N2C(=O)OC[C@@H]2[C@@H](C)OC(C)(C)C)n1)c1ccc(OC(F)(F)F)cc1. The molecule has 12 heteroatoms. The van der Waals surface area contributed by atoms with Crippen molar-refractivity contribution in [3.63, 3.8) is 0 Å². The number of anilines is 2. The third-order valence-electron chi connectivity index (χ3n) is 4.87. The Morgan fingerprint density at radius 1 is 1.18 bits per heavy atom. The van der Waals surface area contributed by atoms with Crippen molar-refractivity contribution in [3.8, 4) is 5.75 Å². The fourth-order valence-corrected chi connectivity index (χ4v) is 3.69. The molecule has 8 nitrogen and oxygen atoms in total. The van der Waals surface area contributed by atoms with E-state index in [1.54, 1.807) is 6.92 Å². The predicted octanol–water partition coefficient (Wildman–Crippen LogP) is 5.73. The van der Waals surface area contributed by atoms with Crippen LogP contribution in [0.5, 0.6) is 5.75 Å². The van der Waals surface area contributed by atoms with Crippen LogP contribution in [0.3, 0.4) is 0 Å². The fraction of sp³-hybridized carbons (Fsp3) is 0.500. The summed E-state index contributed by atoms with van der Waals surface area (Å²) in [5.41, 5.74) is 0.230. The number of ether oxygens (including phenoxy) is 3. The summed E-state index contributed by atoms with van der Waals surface area (Å²) in [6.45, 7) is 9.49. The van der Waals surface area contributed by atoms with E-state index in [0.29, 0.717) is 5.56 Å². The molecule has 1 aliphatic rings. The van der Waals surface area contributed by atoms with Gasteiger partial charge in [0.2, 0.25) is 5.95 Å². The van der Waals surface area contributed by atoms with E-state index >= 15 is 0 Å². The van der Waals surface area contributed by atoms with Gasteiger partial charge in [0.25, 0.3) is 0 Å². The van der Waals surface area contributed by atoms with Crippen LogP contribution in [0.2, 0.25) is 5.15 Å². The Labute approximate surface area is 200 Å². The zero-order chi connectivity index (χ0) is 25.3. The van der Waals surface area contributed by atoms with E-state index in [1.165, 1.54) is 35.2 Å². The first kappa shape index (κ1) is 25.8. The lowest BCUT2D eigenvalue weighted by Gasteiger charge is -2.31. The number of hydrogen-bond donors (Lipinski definition) is 1. The number of carbonyl (C=O) groups excluding carboxylic acids is 1. The van der Waals surface area contributed by atoms with Gasteiger partial charge in [-0.3, -0.25) is 4.90 Å². The van der Waals surface area contributed by atoms with Crippen LogP contribution in [0.4, 0.5) is 29.7 Å².